The Balaban J connectivity index is 1.83. The zero-order valence-corrected chi connectivity index (χ0v) is 43.5. The third-order valence-corrected chi connectivity index (χ3v) is 13.5. The van der Waals surface area contributed by atoms with Crippen LogP contribution in [0.2, 0.25) is 0 Å². The highest BCUT2D eigenvalue weighted by Crippen LogP contribution is 2.30. The highest BCUT2D eigenvalue weighted by molar-refractivity contribution is 5.76. The van der Waals surface area contributed by atoms with Gasteiger partial charge in [0, 0.05) is 6.42 Å². The van der Waals surface area contributed by atoms with Crippen molar-refractivity contribution in [2.24, 2.45) is 0 Å². The Morgan fingerprint density at radius 1 is 0.514 bits per heavy atom. The maximum Gasteiger partial charge on any atom is 0.220 e. The van der Waals surface area contributed by atoms with Crippen LogP contribution >= 0.6 is 0 Å². The van der Waals surface area contributed by atoms with Gasteiger partial charge in [-0.3, -0.25) is 4.79 Å². The van der Waals surface area contributed by atoms with Crippen LogP contribution in [0.3, 0.4) is 0 Å². The number of carbonyl (C=O) groups is 1. The number of unbranched alkanes of at least 4 members (excludes halogenated alkanes) is 24. The van der Waals surface area contributed by atoms with E-state index in [1.165, 1.54) is 116 Å². The lowest BCUT2D eigenvalue weighted by atomic mass is 9.97. The zero-order chi connectivity index (χ0) is 51.0. The molecule has 0 aliphatic carbocycles. The third kappa shape index (κ3) is 28.4. The molecule has 0 aromatic carbocycles. The first-order valence-corrected chi connectivity index (χ1v) is 27.9. The summed E-state index contributed by atoms with van der Waals surface area (Å²) >= 11 is 0. The van der Waals surface area contributed by atoms with Gasteiger partial charge in [0.25, 0.3) is 0 Å². The average molecular weight is 996 g/mol. The lowest BCUT2D eigenvalue weighted by Crippen LogP contribution is -2.65. The van der Waals surface area contributed by atoms with Gasteiger partial charge >= 0.3 is 0 Å². The second-order valence-electron chi connectivity index (χ2n) is 19.7. The fourth-order valence-corrected chi connectivity index (χ4v) is 8.92. The maximum atomic E-state index is 13.2. The predicted molar refractivity (Wildman–Crippen MR) is 277 cm³/mol. The summed E-state index contributed by atoms with van der Waals surface area (Å²) in [5.41, 5.74) is 0. The maximum absolute atomic E-state index is 13.2. The first-order chi connectivity index (χ1) is 34.1. The van der Waals surface area contributed by atoms with Crippen LogP contribution < -0.4 is 5.32 Å². The van der Waals surface area contributed by atoms with Crippen molar-refractivity contribution in [2.45, 2.75) is 280 Å². The molecule has 0 bridgehead atoms. The average Bonchev–Trinajstić information content (AvgIpc) is 3.36. The van der Waals surface area contributed by atoms with E-state index < -0.39 is 86.8 Å². The molecule has 0 aromatic heterocycles. The second-order valence-corrected chi connectivity index (χ2v) is 19.7. The highest BCUT2D eigenvalue weighted by atomic mass is 16.7. The van der Waals surface area contributed by atoms with Crippen molar-refractivity contribution < 1.29 is 64.6 Å². The monoisotopic (exact) mass is 996 g/mol. The van der Waals surface area contributed by atoms with Gasteiger partial charge in [-0.1, -0.05) is 184 Å². The molecule has 2 fully saturated rings. The van der Waals surface area contributed by atoms with Crippen LogP contribution in [0.5, 0.6) is 0 Å². The Kier molecular flexibility index (Phi) is 38.7. The van der Waals surface area contributed by atoms with E-state index >= 15 is 0 Å². The molecule has 12 unspecified atom stereocenters. The van der Waals surface area contributed by atoms with Crippen molar-refractivity contribution >= 4 is 5.91 Å². The Labute approximate surface area is 423 Å². The molecule has 14 heteroatoms. The zero-order valence-electron chi connectivity index (χ0n) is 43.5. The quantitative estimate of drug-likeness (QED) is 0.0207. The first-order valence-electron chi connectivity index (χ1n) is 27.9. The summed E-state index contributed by atoms with van der Waals surface area (Å²) in [6.45, 7) is 2.74. The van der Waals surface area contributed by atoms with E-state index in [9.17, 15) is 45.6 Å². The number of carbonyl (C=O) groups excluding carboxylic acids is 1. The summed E-state index contributed by atoms with van der Waals surface area (Å²) < 4.78 is 22.7. The van der Waals surface area contributed by atoms with Crippen LogP contribution in [0.25, 0.3) is 0 Å². The van der Waals surface area contributed by atoms with Crippen LogP contribution in [0.4, 0.5) is 0 Å². The number of rotatable bonds is 43. The molecule has 0 saturated carbocycles. The lowest BCUT2D eigenvalue weighted by molar-refractivity contribution is -0.359. The summed E-state index contributed by atoms with van der Waals surface area (Å²) in [4.78, 5) is 13.2. The predicted octanol–water partition coefficient (Wildman–Crippen LogP) is 8.44. The van der Waals surface area contributed by atoms with Gasteiger partial charge in [-0.15, -0.1) is 0 Å². The smallest absolute Gasteiger partial charge is 0.220 e. The molecule has 2 aliphatic heterocycles. The molecular formula is C56H101NO13. The summed E-state index contributed by atoms with van der Waals surface area (Å²) in [5, 5.41) is 86.9. The van der Waals surface area contributed by atoms with E-state index in [1.807, 2.05) is 6.08 Å². The van der Waals surface area contributed by atoms with Crippen molar-refractivity contribution in [3.63, 3.8) is 0 Å². The molecule has 70 heavy (non-hydrogen) atoms. The molecular weight excluding hydrogens is 895 g/mol. The third-order valence-electron chi connectivity index (χ3n) is 13.5. The molecule has 0 spiro atoms. The van der Waals surface area contributed by atoms with Gasteiger partial charge in [-0.2, -0.15) is 0 Å². The summed E-state index contributed by atoms with van der Waals surface area (Å²) in [6.07, 6.45) is 34.4. The number of allylic oxidation sites excluding steroid dienone is 7. The highest BCUT2D eigenvalue weighted by Gasteiger charge is 2.51. The van der Waals surface area contributed by atoms with Gasteiger partial charge in [0.2, 0.25) is 5.91 Å². The Hall–Kier alpha value is -2.05. The van der Waals surface area contributed by atoms with E-state index in [0.717, 1.165) is 57.8 Å². The number of ether oxygens (including phenoxy) is 4. The van der Waals surface area contributed by atoms with Crippen molar-refractivity contribution in [1.82, 2.24) is 5.32 Å². The fourth-order valence-electron chi connectivity index (χ4n) is 8.92. The molecule has 2 rings (SSSR count). The van der Waals surface area contributed by atoms with Crippen LogP contribution in [0.1, 0.15) is 206 Å². The van der Waals surface area contributed by atoms with Gasteiger partial charge in [0.1, 0.15) is 48.8 Å². The largest absolute Gasteiger partial charge is 0.394 e. The number of nitrogens with one attached hydrogen (secondary N) is 1. The van der Waals surface area contributed by atoms with E-state index in [0.29, 0.717) is 12.8 Å². The van der Waals surface area contributed by atoms with Gasteiger partial charge in [-0.25, -0.2) is 0 Å². The van der Waals surface area contributed by atoms with Crippen LogP contribution in [-0.2, 0) is 23.7 Å². The molecule has 2 heterocycles. The lowest BCUT2D eigenvalue weighted by Gasteiger charge is -2.46. The van der Waals surface area contributed by atoms with E-state index in [2.05, 4.69) is 55.6 Å². The molecule has 0 aromatic rings. The van der Waals surface area contributed by atoms with Gasteiger partial charge in [-0.05, 0) is 64.2 Å². The van der Waals surface area contributed by atoms with Crippen molar-refractivity contribution in [1.29, 1.82) is 0 Å². The Morgan fingerprint density at radius 3 is 1.51 bits per heavy atom. The van der Waals surface area contributed by atoms with Gasteiger partial charge in [0.15, 0.2) is 12.6 Å². The Morgan fingerprint density at radius 2 is 0.957 bits per heavy atom. The summed E-state index contributed by atoms with van der Waals surface area (Å²) in [5.74, 6) is -0.264. The van der Waals surface area contributed by atoms with Crippen molar-refractivity contribution in [3.8, 4) is 0 Å². The summed E-state index contributed by atoms with van der Waals surface area (Å²) in [6, 6.07) is -0.939. The molecule has 2 aliphatic rings. The van der Waals surface area contributed by atoms with Crippen LogP contribution in [-0.4, -0.2) is 140 Å². The Bertz CT molecular complexity index is 1360. The molecule has 408 valence electrons. The molecule has 2 saturated heterocycles. The minimum absolute atomic E-state index is 0.256. The normalized spacial score (nSPS) is 26.3. The number of aliphatic hydroxyl groups excluding tert-OH is 8. The standard InChI is InChI=1S/C56H101NO13/c1-3-5-7-9-11-13-15-17-19-20-21-22-23-24-26-27-29-31-33-35-37-39-45(60)44(57-48(61)40-38-36-34-32-30-28-25-18-16-14-12-10-8-6-4-2)43-67-55-53(66)51(64)54(47(42-59)69-55)70-56-52(65)50(63)49(62)46(41-58)68-56/h12,14,18,25,29,31,37,39,44-47,49-56,58-60,62-66H,3-11,13,15-17,19-24,26-28,30,32-36,38,40-43H2,1-2H3,(H,57,61)/b14-12-,25-18-,31-29+,39-37+. The number of aliphatic hydroxyl groups is 8. The number of hydrogen-bond donors (Lipinski definition) is 9. The van der Waals surface area contributed by atoms with Crippen LogP contribution in [0, 0.1) is 0 Å². The summed E-state index contributed by atoms with van der Waals surface area (Å²) in [7, 11) is 0. The van der Waals surface area contributed by atoms with Crippen molar-refractivity contribution in [3.05, 3.63) is 48.6 Å². The van der Waals surface area contributed by atoms with Crippen molar-refractivity contribution in [2.75, 3.05) is 19.8 Å². The number of amides is 1. The molecule has 14 nitrogen and oxygen atoms in total. The first kappa shape index (κ1) is 64.1. The number of hydrogen-bond acceptors (Lipinski definition) is 13. The minimum Gasteiger partial charge on any atom is -0.394 e. The van der Waals surface area contributed by atoms with E-state index in [4.69, 9.17) is 18.9 Å². The molecule has 0 radical (unpaired) electrons. The second kappa shape index (κ2) is 42.3. The SMILES string of the molecule is CCCCC/C=C\C/C=C\CCCCCCCC(=O)NC(COC1OC(CO)C(OC2OC(CO)C(O)C(O)C2O)C(O)C1O)C(O)/C=C/CC/C=C/CCCCCCCCCCCCCCCCC. The minimum atomic E-state index is -1.79. The molecule has 1 amide bonds. The van der Waals surface area contributed by atoms with Gasteiger partial charge < -0.3 is 65.1 Å². The molecule has 12 atom stereocenters. The van der Waals surface area contributed by atoms with Gasteiger partial charge in [0.05, 0.1) is 32.0 Å². The van der Waals surface area contributed by atoms with Crippen LogP contribution in [0.15, 0.2) is 48.6 Å². The molecule has 9 N–H and O–H groups in total. The van der Waals surface area contributed by atoms with E-state index in [1.54, 1.807) is 6.08 Å². The fraction of sp³-hybridized carbons (Fsp3) is 0.839. The topological polar surface area (TPSA) is 228 Å². The van der Waals surface area contributed by atoms with E-state index in [-0.39, 0.29) is 18.9 Å².